The average molecular weight is 284 g/mol. The molecular weight excluding hydrogens is 268 g/mol. The van der Waals surface area contributed by atoms with Crippen molar-refractivity contribution in [3.8, 4) is 0 Å². The van der Waals surface area contributed by atoms with Gasteiger partial charge in [-0.1, -0.05) is 31.2 Å². The van der Waals surface area contributed by atoms with Crippen LogP contribution in [0.3, 0.4) is 0 Å². The van der Waals surface area contributed by atoms with E-state index in [-0.39, 0.29) is 11.6 Å². The Hall–Kier alpha value is -2.69. The molecule has 0 aliphatic carbocycles. The number of carbonyl (C=O) groups excluding carboxylic acids is 1. The van der Waals surface area contributed by atoms with E-state index in [1.807, 2.05) is 24.3 Å². The first-order valence-corrected chi connectivity index (χ1v) is 6.66. The van der Waals surface area contributed by atoms with E-state index in [1.54, 1.807) is 0 Å². The number of amides is 1. The summed E-state index contributed by atoms with van der Waals surface area (Å²) >= 11 is 0. The van der Waals surface area contributed by atoms with Crippen LogP contribution in [0.4, 0.5) is 0 Å². The monoisotopic (exact) mass is 284 g/mol. The molecule has 0 spiro atoms. The number of aromatic nitrogens is 1. The molecule has 1 heterocycles. The molecule has 0 saturated carbocycles. The van der Waals surface area contributed by atoms with Crippen molar-refractivity contribution in [3.05, 3.63) is 65.0 Å². The lowest BCUT2D eigenvalue weighted by atomic mass is 10.1. The van der Waals surface area contributed by atoms with E-state index in [4.69, 9.17) is 5.11 Å². The van der Waals surface area contributed by atoms with Crippen LogP contribution < -0.4 is 5.32 Å². The summed E-state index contributed by atoms with van der Waals surface area (Å²) in [6, 6.07) is 10.7. The first kappa shape index (κ1) is 14.7. The van der Waals surface area contributed by atoms with Crippen LogP contribution in [0.1, 0.15) is 38.9 Å². The molecule has 5 nitrogen and oxygen atoms in total. The van der Waals surface area contributed by atoms with Gasteiger partial charge in [-0.25, -0.2) is 9.78 Å². The van der Waals surface area contributed by atoms with Crippen molar-refractivity contribution in [3.63, 3.8) is 0 Å². The first-order valence-electron chi connectivity index (χ1n) is 6.66. The molecule has 21 heavy (non-hydrogen) atoms. The predicted octanol–water partition coefficient (Wildman–Crippen LogP) is 2.27. The number of nitrogens with one attached hydrogen (secondary N) is 1. The maximum absolute atomic E-state index is 12.0. The van der Waals surface area contributed by atoms with E-state index < -0.39 is 5.97 Å². The number of rotatable bonds is 5. The largest absolute Gasteiger partial charge is 0.477 e. The van der Waals surface area contributed by atoms with Crippen LogP contribution in [-0.2, 0) is 13.0 Å². The SMILES string of the molecule is CCc1ccccc1CNC(=O)c1ccc(C(=O)O)nc1. The summed E-state index contributed by atoms with van der Waals surface area (Å²) in [5.74, 6) is -1.39. The van der Waals surface area contributed by atoms with Gasteiger partial charge in [-0.3, -0.25) is 4.79 Å². The van der Waals surface area contributed by atoms with Crippen LogP contribution in [0.15, 0.2) is 42.6 Å². The molecule has 2 N–H and O–H groups in total. The zero-order valence-electron chi connectivity index (χ0n) is 11.7. The van der Waals surface area contributed by atoms with E-state index in [0.29, 0.717) is 12.1 Å². The van der Waals surface area contributed by atoms with E-state index >= 15 is 0 Å². The quantitative estimate of drug-likeness (QED) is 0.882. The Morgan fingerprint density at radius 3 is 2.43 bits per heavy atom. The van der Waals surface area contributed by atoms with E-state index in [1.165, 1.54) is 23.9 Å². The van der Waals surface area contributed by atoms with Crippen molar-refractivity contribution < 1.29 is 14.7 Å². The van der Waals surface area contributed by atoms with Crippen molar-refractivity contribution in [2.75, 3.05) is 0 Å². The molecule has 2 aromatic rings. The zero-order valence-corrected chi connectivity index (χ0v) is 11.7. The molecule has 0 aliphatic rings. The normalized spacial score (nSPS) is 10.1. The van der Waals surface area contributed by atoms with E-state index in [0.717, 1.165) is 12.0 Å². The molecule has 1 aromatic carbocycles. The van der Waals surface area contributed by atoms with Crippen LogP contribution in [0, 0.1) is 0 Å². The number of aryl methyl sites for hydroxylation is 1. The molecule has 0 radical (unpaired) electrons. The Morgan fingerprint density at radius 1 is 1.14 bits per heavy atom. The van der Waals surface area contributed by atoms with Crippen molar-refractivity contribution in [2.45, 2.75) is 19.9 Å². The highest BCUT2D eigenvalue weighted by molar-refractivity contribution is 5.94. The molecule has 108 valence electrons. The number of pyridine rings is 1. The maximum atomic E-state index is 12.0. The number of benzene rings is 1. The number of nitrogens with zero attached hydrogens (tertiary/aromatic N) is 1. The van der Waals surface area contributed by atoms with Gasteiger partial charge in [0, 0.05) is 12.7 Å². The van der Waals surface area contributed by atoms with Crippen LogP contribution in [0.25, 0.3) is 0 Å². The Bertz CT molecular complexity index is 651. The molecule has 0 aliphatic heterocycles. The maximum Gasteiger partial charge on any atom is 0.354 e. The van der Waals surface area contributed by atoms with Gasteiger partial charge in [0.2, 0.25) is 0 Å². The third-order valence-electron chi connectivity index (χ3n) is 3.18. The minimum atomic E-state index is -1.11. The minimum absolute atomic E-state index is 0.0807. The highest BCUT2D eigenvalue weighted by Gasteiger charge is 2.09. The van der Waals surface area contributed by atoms with Crippen molar-refractivity contribution >= 4 is 11.9 Å². The summed E-state index contributed by atoms with van der Waals surface area (Å²) < 4.78 is 0. The number of hydrogen-bond acceptors (Lipinski definition) is 3. The highest BCUT2D eigenvalue weighted by Crippen LogP contribution is 2.09. The molecule has 5 heteroatoms. The molecule has 0 unspecified atom stereocenters. The number of aromatic carboxylic acids is 1. The third-order valence-corrected chi connectivity index (χ3v) is 3.18. The molecule has 0 bridgehead atoms. The second-order valence-corrected chi connectivity index (χ2v) is 4.54. The summed E-state index contributed by atoms with van der Waals surface area (Å²) in [5.41, 5.74) is 2.53. The van der Waals surface area contributed by atoms with Crippen LogP contribution in [0.5, 0.6) is 0 Å². The van der Waals surface area contributed by atoms with Crippen molar-refractivity contribution in [1.82, 2.24) is 10.3 Å². The van der Waals surface area contributed by atoms with Gasteiger partial charge < -0.3 is 10.4 Å². The molecule has 1 amide bonds. The van der Waals surface area contributed by atoms with E-state index in [2.05, 4.69) is 17.2 Å². The fraction of sp³-hybridized carbons (Fsp3) is 0.188. The topological polar surface area (TPSA) is 79.3 Å². The van der Waals surface area contributed by atoms with Gasteiger partial charge in [0.25, 0.3) is 5.91 Å². The molecular formula is C16H16N2O3. The van der Waals surface area contributed by atoms with Gasteiger partial charge in [-0.15, -0.1) is 0 Å². The molecule has 1 aromatic heterocycles. The minimum Gasteiger partial charge on any atom is -0.477 e. The summed E-state index contributed by atoms with van der Waals surface area (Å²) in [6.07, 6.45) is 2.17. The van der Waals surface area contributed by atoms with Crippen molar-refractivity contribution in [2.24, 2.45) is 0 Å². The Labute approximate surface area is 122 Å². The number of carbonyl (C=O) groups is 2. The summed E-state index contributed by atoms with van der Waals surface area (Å²) in [6.45, 7) is 2.50. The van der Waals surface area contributed by atoms with Gasteiger partial charge in [-0.2, -0.15) is 0 Å². The molecule has 2 rings (SSSR count). The van der Waals surface area contributed by atoms with Gasteiger partial charge in [0.1, 0.15) is 5.69 Å². The molecule has 0 saturated heterocycles. The highest BCUT2D eigenvalue weighted by atomic mass is 16.4. The standard InChI is InChI=1S/C16H16N2O3/c1-2-11-5-3-4-6-12(11)9-18-15(19)13-7-8-14(16(20)21)17-10-13/h3-8,10H,2,9H2,1H3,(H,18,19)(H,20,21). The van der Waals surface area contributed by atoms with Gasteiger partial charge in [-0.05, 0) is 29.7 Å². The Kier molecular flexibility index (Phi) is 4.66. The smallest absolute Gasteiger partial charge is 0.354 e. The van der Waals surface area contributed by atoms with E-state index in [9.17, 15) is 9.59 Å². The van der Waals surface area contributed by atoms with Gasteiger partial charge >= 0.3 is 5.97 Å². The number of hydrogen-bond donors (Lipinski definition) is 2. The summed E-state index contributed by atoms with van der Waals surface area (Å²) in [4.78, 5) is 26.4. The zero-order chi connectivity index (χ0) is 15.2. The van der Waals surface area contributed by atoms with Crippen LogP contribution in [0.2, 0.25) is 0 Å². The molecule has 0 atom stereocenters. The number of carboxylic acid groups (broad SMARTS) is 1. The Balaban J connectivity index is 2.03. The number of carboxylic acids is 1. The third kappa shape index (κ3) is 3.66. The summed E-state index contributed by atoms with van der Waals surface area (Å²) in [7, 11) is 0. The Morgan fingerprint density at radius 2 is 1.86 bits per heavy atom. The lowest BCUT2D eigenvalue weighted by molar-refractivity contribution is 0.0689. The van der Waals surface area contributed by atoms with Crippen LogP contribution in [-0.4, -0.2) is 22.0 Å². The van der Waals surface area contributed by atoms with Gasteiger partial charge in [0.05, 0.1) is 5.56 Å². The fourth-order valence-electron chi connectivity index (χ4n) is 2.01. The lowest BCUT2D eigenvalue weighted by Gasteiger charge is -2.09. The average Bonchev–Trinajstić information content (AvgIpc) is 2.52. The predicted molar refractivity (Wildman–Crippen MR) is 78.2 cm³/mol. The van der Waals surface area contributed by atoms with Crippen LogP contribution >= 0.6 is 0 Å². The fourth-order valence-corrected chi connectivity index (χ4v) is 2.01. The summed E-state index contributed by atoms with van der Waals surface area (Å²) in [5, 5.41) is 11.6. The lowest BCUT2D eigenvalue weighted by Crippen LogP contribution is -2.23. The second kappa shape index (κ2) is 6.65. The second-order valence-electron chi connectivity index (χ2n) is 4.54. The van der Waals surface area contributed by atoms with Crippen molar-refractivity contribution in [1.29, 1.82) is 0 Å². The molecule has 0 fully saturated rings. The first-order chi connectivity index (χ1) is 10.1. The van der Waals surface area contributed by atoms with Gasteiger partial charge in [0.15, 0.2) is 0 Å².